The maximum Gasteiger partial charge on any atom is 0.410 e. The van der Waals surface area contributed by atoms with Gasteiger partial charge in [0.1, 0.15) is 11.7 Å². The molecule has 2 fully saturated rings. The van der Waals surface area contributed by atoms with Crippen molar-refractivity contribution in [3.05, 3.63) is 36.0 Å². The lowest BCUT2D eigenvalue weighted by atomic mass is 9.88. The highest BCUT2D eigenvalue weighted by Crippen LogP contribution is 2.37. The molecule has 3 rings (SSSR count). The van der Waals surface area contributed by atoms with Crippen molar-refractivity contribution in [1.29, 1.82) is 0 Å². The average molecular weight is 681 g/mol. The number of carbonyl (C=O) groups is 2. The van der Waals surface area contributed by atoms with Crippen LogP contribution in [0.15, 0.2) is 36.0 Å². The minimum absolute atomic E-state index is 0.0143. The van der Waals surface area contributed by atoms with Gasteiger partial charge in [-0.2, -0.15) is 0 Å². The SMILES string of the molecule is CCC(O)C(C)C1OC1CC(C)(O)/C=C/C=C(\C)C1OC(=O)CC(O)CCC(C)(O)C(OC(=O)N2CCN(CCOC)CC2)/C=C/C1C. The van der Waals surface area contributed by atoms with E-state index < -0.39 is 47.7 Å². The van der Waals surface area contributed by atoms with E-state index in [1.54, 1.807) is 56.2 Å². The van der Waals surface area contributed by atoms with Gasteiger partial charge >= 0.3 is 12.1 Å². The number of allylic oxidation sites excluding steroid dienone is 2. The minimum atomic E-state index is -1.50. The number of methoxy groups -OCH3 is 1. The molecule has 0 saturated carbocycles. The third-order valence-electron chi connectivity index (χ3n) is 9.84. The molecule has 0 aromatic carbocycles. The summed E-state index contributed by atoms with van der Waals surface area (Å²) >= 11 is 0. The van der Waals surface area contributed by atoms with Crippen LogP contribution >= 0.6 is 0 Å². The second kappa shape index (κ2) is 18.1. The Morgan fingerprint density at radius 3 is 2.58 bits per heavy atom. The molecule has 0 radical (unpaired) electrons. The lowest BCUT2D eigenvalue weighted by molar-refractivity contribution is -0.151. The predicted molar refractivity (Wildman–Crippen MR) is 181 cm³/mol. The van der Waals surface area contributed by atoms with Crippen LogP contribution in [-0.4, -0.2) is 137 Å². The van der Waals surface area contributed by atoms with E-state index >= 15 is 0 Å². The van der Waals surface area contributed by atoms with Crippen LogP contribution in [0.25, 0.3) is 0 Å². The fourth-order valence-electron chi connectivity index (χ4n) is 6.36. The van der Waals surface area contributed by atoms with Crippen molar-refractivity contribution < 1.29 is 49.0 Å². The van der Waals surface area contributed by atoms with E-state index in [1.165, 1.54) is 0 Å². The number of rotatable bonds is 12. The maximum absolute atomic E-state index is 13.2. The number of cyclic esters (lactones) is 1. The van der Waals surface area contributed by atoms with Gasteiger partial charge in [-0.25, -0.2) is 4.79 Å². The molecular formula is C36H60N2O10. The number of carbonyl (C=O) groups excluding carboxylic acids is 2. The molecule has 0 aromatic heterocycles. The summed E-state index contributed by atoms with van der Waals surface area (Å²) in [5, 5.41) is 43.2. The zero-order chi connectivity index (χ0) is 35.6. The standard InChI is InChI=1S/C36H60N2O10/c1-8-28(40)26(4)33-29(46-33)23-35(5,43)14-9-10-24(2)32-25(3)11-12-30(36(6,44)15-13-27(39)22-31(41)48-32)47-34(42)38-18-16-37(17-19-38)20-21-45-7/h9-12,14,25-30,32-33,39-40,43-44H,8,13,15-23H2,1-7H3/b12-11+,14-9+,24-10+. The Morgan fingerprint density at radius 2 is 1.94 bits per heavy atom. The highest BCUT2D eigenvalue weighted by molar-refractivity contribution is 5.70. The van der Waals surface area contributed by atoms with Gasteiger partial charge in [-0.15, -0.1) is 0 Å². The summed E-state index contributed by atoms with van der Waals surface area (Å²) in [5.41, 5.74) is -1.96. The Morgan fingerprint density at radius 1 is 1.25 bits per heavy atom. The second-order valence-electron chi connectivity index (χ2n) is 14.3. The van der Waals surface area contributed by atoms with Gasteiger partial charge in [0.2, 0.25) is 0 Å². The molecule has 10 atom stereocenters. The summed E-state index contributed by atoms with van der Waals surface area (Å²) < 4.78 is 22.6. The molecule has 1 amide bonds. The van der Waals surface area contributed by atoms with Crippen molar-refractivity contribution in [2.24, 2.45) is 11.8 Å². The van der Waals surface area contributed by atoms with Crippen LogP contribution in [-0.2, 0) is 23.7 Å². The smallest absolute Gasteiger partial charge is 0.410 e. The van der Waals surface area contributed by atoms with E-state index in [2.05, 4.69) is 4.90 Å². The quantitative estimate of drug-likeness (QED) is 0.104. The number of aliphatic hydroxyl groups excluding tert-OH is 2. The summed E-state index contributed by atoms with van der Waals surface area (Å²) in [7, 11) is 1.66. The van der Waals surface area contributed by atoms with Crippen LogP contribution in [0.5, 0.6) is 0 Å². The van der Waals surface area contributed by atoms with Crippen molar-refractivity contribution in [1.82, 2.24) is 9.80 Å². The van der Waals surface area contributed by atoms with Crippen LogP contribution in [0.4, 0.5) is 4.79 Å². The van der Waals surface area contributed by atoms with Crippen LogP contribution in [0.2, 0.25) is 0 Å². The summed E-state index contributed by atoms with van der Waals surface area (Å²) in [6.07, 6.45) is 5.59. The molecule has 12 nitrogen and oxygen atoms in total. The summed E-state index contributed by atoms with van der Waals surface area (Å²) in [5.74, 6) is -0.965. The molecule has 12 heteroatoms. The molecule has 0 spiro atoms. The van der Waals surface area contributed by atoms with E-state index in [-0.39, 0.29) is 43.3 Å². The Labute approximate surface area is 286 Å². The zero-order valence-corrected chi connectivity index (χ0v) is 29.9. The molecule has 4 N–H and O–H groups in total. The zero-order valence-electron chi connectivity index (χ0n) is 29.9. The summed E-state index contributed by atoms with van der Waals surface area (Å²) in [4.78, 5) is 29.9. The molecule has 0 aromatic rings. The lowest BCUT2D eigenvalue weighted by Crippen LogP contribution is -2.51. The van der Waals surface area contributed by atoms with Gasteiger partial charge in [0.15, 0.2) is 6.10 Å². The van der Waals surface area contributed by atoms with Crippen LogP contribution in [0.1, 0.15) is 73.6 Å². The number of hydrogen-bond acceptors (Lipinski definition) is 11. The summed E-state index contributed by atoms with van der Waals surface area (Å²) in [6, 6.07) is 0. The van der Waals surface area contributed by atoms with Gasteiger partial charge in [0.25, 0.3) is 0 Å². The molecule has 0 aliphatic carbocycles. The Hall–Kier alpha value is -2.32. The van der Waals surface area contributed by atoms with E-state index in [0.29, 0.717) is 51.2 Å². The fraction of sp³-hybridized carbons (Fsp3) is 0.778. The molecular weight excluding hydrogens is 620 g/mol. The molecule has 0 bridgehead atoms. The molecule has 3 heterocycles. The number of esters is 1. The van der Waals surface area contributed by atoms with E-state index in [4.69, 9.17) is 18.9 Å². The number of nitrogens with zero attached hydrogens (tertiary/aromatic N) is 2. The fourth-order valence-corrected chi connectivity index (χ4v) is 6.36. The third-order valence-corrected chi connectivity index (χ3v) is 9.84. The van der Waals surface area contributed by atoms with Gasteiger partial charge in [-0.05, 0) is 51.7 Å². The number of piperazine rings is 1. The summed E-state index contributed by atoms with van der Waals surface area (Å²) in [6.45, 7) is 14.6. The van der Waals surface area contributed by atoms with Crippen molar-refractivity contribution in [3.63, 3.8) is 0 Å². The number of epoxide rings is 1. The molecule has 48 heavy (non-hydrogen) atoms. The first-order chi connectivity index (χ1) is 22.6. The highest BCUT2D eigenvalue weighted by atomic mass is 16.6. The first kappa shape index (κ1) is 40.1. The van der Waals surface area contributed by atoms with Gasteiger partial charge in [-0.1, -0.05) is 45.1 Å². The number of amides is 1. The van der Waals surface area contributed by atoms with Crippen LogP contribution < -0.4 is 0 Å². The predicted octanol–water partition coefficient (Wildman–Crippen LogP) is 2.97. The van der Waals surface area contributed by atoms with Gasteiger partial charge in [-0.3, -0.25) is 9.69 Å². The topological polar surface area (TPSA) is 162 Å². The van der Waals surface area contributed by atoms with Gasteiger partial charge in [0.05, 0.1) is 43.0 Å². The van der Waals surface area contributed by atoms with Crippen molar-refractivity contribution in [3.8, 4) is 0 Å². The Bertz CT molecular complexity index is 1130. The van der Waals surface area contributed by atoms with E-state index in [0.717, 1.165) is 6.54 Å². The minimum Gasteiger partial charge on any atom is -0.457 e. The van der Waals surface area contributed by atoms with Gasteiger partial charge in [0, 0.05) is 58.1 Å². The highest BCUT2D eigenvalue weighted by Gasteiger charge is 2.47. The van der Waals surface area contributed by atoms with Crippen LogP contribution in [0.3, 0.4) is 0 Å². The van der Waals surface area contributed by atoms with Crippen LogP contribution in [0, 0.1) is 11.8 Å². The number of hydrogen-bond donors (Lipinski definition) is 4. The largest absolute Gasteiger partial charge is 0.457 e. The normalized spacial score (nSPS) is 34.4. The molecule has 3 aliphatic rings. The molecule has 3 aliphatic heterocycles. The molecule has 274 valence electrons. The molecule has 10 unspecified atom stereocenters. The Kier molecular flexibility index (Phi) is 15.1. The first-order valence-corrected chi connectivity index (χ1v) is 17.4. The monoisotopic (exact) mass is 680 g/mol. The second-order valence-corrected chi connectivity index (χ2v) is 14.3. The van der Waals surface area contributed by atoms with Crippen molar-refractivity contribution in [2.45, 2.75) is 121 Å². The first-order valence-electron chi connectivity index (χ1n) is 17.4. The third kappa shape index (κ3) is 12.2. The van der Waals surface area contributed by atoms with E-state index in [9.17, 15) is 30.0 Å². The molecule has 2 saturated heterocycles. The van der Waals surface area contributed by atoms with Crippen molar-refractivity contribution >= 4 is 12.1 Å². The maximum atomic E-state index is 13.2. The van der Waals surface area contributed by atoms with Crippen molar-refractivity contribution in [2.75, 3.05) is 46.4 Å². The lowest BCUT2D eigenvalue weighted by Gasteiger charge is -2.37. The number of ether oxygens (including phenoxy) is 4. The Balaban J connectivity index is 1.72. The van der Waals surface area contributed by atoms with Gasteiger partial charge < -0.3 is 44.3 Å². The van der Waals surface area contributed by atoms with E-state index in [1.807, 2.05) is 27.7 Å². The number of aliphatic hydroxyl groups is 4. The average Bonchev–Trinajstić information content (AvgIpc) is 3.80.